The molecule has 0 radical (unpaired) electrons. The van der Waals surface area contributed by atoms with E-state index in [1.165, 1.54) is 12.1 Å². The highest BCUT2D eigenvalue weighted by Crippen LogP contribution is 2.37. The minimum absolute atomic E-state index is 0.0271. The first-order chi connectivity index (χ1) is 9.29. The number of likely N-dealkylation sites (N-methyl/N-ethyl adjacent to an activating group) is 1. The number of nitrogens with one attached hydrogen (secondary N) is 1. The minimum Gasteiger partial charge on any atom is -0.314 e. The maximum absolute atomic E-state index is 13.8. The predicted molar refractivity (Wildman–Crippen MR) is 81.5 cm³/mol. The van der Waals surface area contributed by atoms with Crippen molar-refractivity contribution < 1.29 is 9.31 Å². The summed E-state index contributed by atoms with van der Waals surface area (Å²) in [6.45, 7) is 8.68. The third-order valence-corrected chi connectivity index (χ3v) is 4.02. The molecule has 112 valence electrons. The van der Waals surface area contributed by atoms with Gasteiger partial charge in [-0.3, -0.25) is 10.1 Å². The standard InChI is InChI=1S/C14H20BrFN2O2/c1-5-17-9(4)14(8(2)3)10-6-12(16)11(15)7-13(10)18(19)20/h6-9,14,17H,5H2,1-4H3. The summed E-state index contributed by atoms with van der Waals surface area (Å²) < 4.78 is 13.9. The fourth-order valence-electron chi connectivity index (χ4n) is 2.63. The lowest BCUT2D eigenvalue weighted by Gasteiger charge is -2.28. The predicted octanol–water partition coefficient (Wildman–Crippen LogP) is 4.23. The Morgan fingerprint density at radius 2 is 2.00 bits per heavy atom. The Morgan fingerprint density at radius 3 is 2.45 bits per heavy atom. The van der Waals surface area contributed by atoms with Gasteiger partial charge >= 0.3 is 0 Å². The van der Waals surface area contributed by atoms with Gasteiger partial charge < -0.3 is 5.32 Å². The molecule has 0 heterocycles. The Morgan fingerprint density at radius 1 is 1.40 bits per heavy atom. The summed E-state index contributed by atoms with van der Waals surface area (Å²) >= 11 is 3.01. The number of benzene rings is 1. The molecule has 0 aromatic heterocycles. The summed E-state index contributed by atoms with van der Waals surface area (Å²) in [5.74, 6) is -0.443. The molecule has 0 amide bonds. The van der Waals surface area contributed by atoms with Gasteiger partial charge in [0.15, 0.2) is 0 Å². The van der Waals surface area contributed by atoms with Gasteiger partial charge in [-0.05, 0) is 41.4 Å². The van der Waals surface area contributed by atoms with Gasteiger partial charge in [0.05, 0.1) is 9.40 Å². The van der Waals surface area contributed by atoms with Crippen LogP contribution in [0.3, 0.4) is 0 Å². The molecule has 1 aromatic carbocycles. The zero-order valence-corrected chi connectivity index (χ0v) is 13.7. The van der Waals surface area contributed by atoms with Crippen molar-refractivity contribution in [3.8, 4) is 0 Å². The molecule has 1 aromatic rings. The van der Waals surface area contributed by atoms with Gasteiger partial charge in [-0.2, -0.15) is 0 Å². The molecule has 0 saturated carbocycles. The van der Waals surface area contributed by atoms with Crippen molar-refractivity contribution in [3.05, 3.63) is 38.1 Å². The van der Waals surface area contributed by atoms with Crippen molar-refractivity contribution in [3.63, 3.8) is 0 Å². The van der Waals surface area contributed by atoms with Crippen molar-refractivity contribution in [1.82, 2.24) is 5.32 Å². The van der Waals surface area contributed by atoms with Gasteiger partial charge in [0.2, 0.25) is 0 Å². The highest BCUT2D eigenvalue weighted by molar-refractivity contribution is 9.10. The number of nitro groups is 1. The molecule has 0 saturated heterocycles. The summed E-state index contributed by atoms with van der Waals surface area (Å²) in [5.41, 5.74) is 0.404. The molecule has 2 atom stereocenters. The van der Waals surface area contributed by atoms with Gasteiger partial charge in [0, 0.05) is 23.6 Å². The first-order valence-electron chi connectivity index (χ1n) is 6.66. The Labute approximate surface area is 127 Å². The van der Waals surface area contributed by atoms with E-state index in [-0.39, 0.29) is 28.0 Å². The highest BCUT2D eigenvalue weighted by Gasteiger charge is 2.30. The molecule has 0 aliphatic carbocycles. The van der Waals surface area contributed by atoms with Crippen LogP contribution in [0.25, 0.3) is 0 Å². The van der Waals surface area contributed by atoms with Crippen LogP contribution >= 0.6 is 15.9 Å². The van der Waals surface area contributed by atoms with Crippen LogP contribution in [0.5, 0.6) is 0 Å². The largest absolute Gasteiger partial charge is 0.314 e. The average molecular weight is 347 g/mol. The third kappa shape index (κ3) is 3.76. The van der Waals surface area contributed by atoms with E-state index in [0.717, 1.165) is 6.54 Å². The summed E-state index contributed by atoms with van der Waals surface area (Å²) in [7, 11) is 0. The van der Waals surface area contributed by atoms with Gasteiger partial charge in [-0.25, -0.2) is 4.39 Å². The minimum atomic E-state index is -0.472. The number of nitro benzene ring substituents is 1. The maximum Gasteiger partial charge on any atom is 0.274 e. The molecule has 0 aliphatic rings. The average Bonchev–Trinajstić information content (AvgIpc) is 2.33. The normalized spacial score (nSPS) is 14.3. The molecule has 0 spiro atoms. The van der Waals surface area contributed by atoms with Crippen LogP contribution in [-0.2, 0) is 0 Å². The van der Waals surface area contributed by atoms with Crippen LogP contribution in [-0.4, -0.2) is 17.5 Å². The molecular formula is C14H20BrFN2O2. The topological polar surface area (TPSA) is 55.2 Å². The molecule has 0 bridgehead atoms. The number of hydrogen-bond donors (Lipinski definition) is 1. The molecule has 1 rings (SSSR count). The summed E-state index contributed by atoms with van der Waals surface area (Å²) in [5, 5.41) is 14.5. The van der Waals surface area contributed by atoms with Crippen LogP contribution < -0.4 is 5.32 Å². The van der Waals surface area contributed by atoms with E-state index in [4.69, 9.17) is 0 Å². The quantitative estimate of drug-likeness (QED) is 0.619. The van der Waals surface area contributed by atoms with Crippen molar-refractivity contribution in [1.29, 1.82) is 0 Å². The Hall–Kier alpha value is -1.01. The van der Waals surface area contributed by atoms with Crippen LogP contribution in [0.2, 0.25) is 0 Å². The van der Waals surface area contributed by atoms with E-state index in [2.05, 4.69) is 21.2 Å². The second-order valence-electron chi connectivity index (χ2n) is 5.20. The van der Waals surface area contributed by atoms with E-state index in [0.29, 0.717) is 5.56 Å². The Bertz CT molecular complexity index is 494. The molecule has 20 heavy (non-hydrogen) atoms. The van der Waals surface area contributed by atoms with Gasteiger partial charge in [-0.1, -0.05) is 20.8 Å². The Kier molecular flexibility index (Phi) is 6.07. The van der Waals surface area contributed by atoms with E-state index in [1.807, 2.05) is 27.7 Å². The van der Waals surface area contributed by atoms with Crippen LogP contribution in [0.15, 0.2) is 16.6 Å². The van der Waals surface area contributed by atoms with E-state index >= 15 is 0 Å². The molecule has 0 aliphatic heterocycles. The third-order valence-electron chi connectivity index (χ3n) is 3.41. The zero-order chi connectivity index (χ0) is 15.4. The fourth-order valence-corrected chi connectivity index (χ4v) is 2.96. The SMILES string of the molecule is CCNC(C)C(c1cc(F)c(Br)cc1[N+](=O)[O-])C(C)C. The van der Waals surface area contributed by atoms with Gasteiger partial charge in [0.1, 0.15) is 5.82 Å². The second kappa shape index (κ2) is 7.13. The number of nitrogens with zero attached hydrogens (tertiary/aromatic N) is 1. The first-order valence-corrected chi connectivity index (χ1v) is 7.45. The first kappa shape index (κ1) is 17.0. The van der Waals surface area contributed by atoms with Crippen molar-refractivity contribution in [2.24, 2.45) is 5.92 Å². The van der Waals surface area contributed by atoms with E-state index < -0.39 is 10.7 Å². The second-order valence-corrected chi connectivity index (χ2v) is 6.05. The molecule has 6 heteroatoms. The lowest BCUT2D eigenvalue weighted by atomic mass is 9.82. The lowest BCUT2D eigenvalue weighted by molar-refractivity contribution is -0.386. The Balaban J connectivity index is 3.38. The fraction of sp³-hybridized carbons (Fsp3) is 0.571. The van der Waals surface area contributed by atoms with Crippen molar-refractivity contribution in [2.45, 2.75) is 39.7 Å². The molecule has 4 nitrogen and oxygen atoms in total. The number of halogens is 2. The lowest BCUT2D eigenvalue weighted by Crippen LogP contribution is -2.35. The van der Waals surface area contributed by atoms with Crippen LogP contribution in [0, 0.1) is 21.8 Å². The summed E-state index contributed by atoms with van der Waals surface area (Å²) in [4.78, 5) is 10.8. The number of hydrogen-bond acceptors (Lipinski definition) is 3. The summed E-state index contributed by atoms with van der Waals surface area (Å²) in [6.07, 6.45) is 0. The molecular weight excluding hydrogens is 327 g/mol. The molecule has 2 unspecified atom stereocenters. The smallest absolute Gasteiger partial charge is 0.274 e. The van der Waals surface area contributed by atoms with Crippen LogP contribution in [0.4, 0.5) is 10.1 Å². The molecule has 1 N–H and O–H groups in total. The highest BCUT2D eigenvalue weighted by atomic mass is 79.9. The maximum atomic E-state index is 13.8. The number of rotatable bonds is 6. The zero-order valence-electron chi connectivity index (χ0n) is 12.1. The van der Waals surface area contributed by atoms with Gasteiger partial charge in [-0.15, -0.1) is 0 Å². The summed E-state index contributed by atoms with van der Waals surface area (Å²) in [6, 6.07) is 2.55. The van der Waals surface area contributed by atoms with E-state index in [9.17, 15) is 14.5 Å². The van der Waals surface area contributed by atoms with Crippen molar-refractivity contribution >= 4 is 21.6 Å². The van der Waals surface area contributed by atoms with Gasteiger partial charge in [0.25, 0.3) is 5.69 Å². The monoisotopic (exact) mass is 346 g/mol. The van der Waals surface area contributed by atoms with Crippen molar-refractivity contribution in [2.75, 3.05) is 6.54 Å². The van der Waals surface area contributed by atoms with E-state index in [1.54, 1.807) is 0 Å². The van der Waals surface area contributed by atoms with Crippen LogP contribution in [0.1, 0.15) is 39.2 Å². The molecule has 0 fully saturated rings.